The van der Waals surface area contributed by atoms with Crippen LogP contribution >= 0.6 is 11.6 Å². The summed E-state index contributed by atoms with van der Waals surface area (Å²) in [6.45, 7) is -0.0534. The number of para-hydroxylation sites is 2. The number of methoxy groups -OCH3 is 2. The largest absolute Gasteiger partial charge is 0.497 e. The lowest BCUT2D eigenvalue weighted by molar-refractivity contribution is -0.119. The third-order valence-corrected chi connectivity index (χ3v) is 7.58. The maximum atomic E-state index is 14.3. The van der Waals surface area contributed by atoms with Gasteiger partial charge in [0.05, 0.1) is 31.3 Å². The van der Waals surface area contributed by atoms with Crippen molar-refractivity contribution in [1.82, 2.24) is 9.47 Å². The normalized spacial score (nSPS) is 15.8. The van der Waals surface area contributed by atoms with Crippen LogP contribution in [0.5, 0.6) is 11.5 Å². The van der Waals surface area contributed by atoms with Gasteiger partial charge in [-0.05, 0) is 66.9 Å². The number of hydrogen-bond acceptors (Lipinski definition) is 4. The Labute approximate surface area is 232 Å². The number of nitrogens with zero attached hydrogens (tertiary/aromatic N) is 3. The average Bonchev–Trinajstić information content (AvgIpc) is 3.69. The molecule has 0 unspecified atom stereocenters. The fraction of sp³-hybridized carbons (Fsp3) is 0.226. The summed E-state index contributed by atoms with van der Waals surface area (Å²) >= 11 is 6.21. The summed E-state index contributed by atoms with van der Waals surface area (Å²) in [5.74, 6) is 0.659. The number of carbonyl (C=O) groups excluding carboxylic acids is 2. The molecule has 0 spiro atoms. The molecule has 4 aromatic rings. The van der Waals surface area contributed by atoms with E-state index in [-0.39, 0.29) is 30.4 Å². The number of ether oxygens (including phenoxy) is 2. The Bertz CT molecular complexity index is 1520. The van der Waals surface area contributed by atoms with Crippen LogP contribution in [-0.2, 0) is 4.79 Å². The first kappa shape index (κ1) is 25.1. The molecule has 1 fully saturated rings. The molecule has 3 aromatic carbocycles. The molecule has 8 heteroatoms. The third-order valence-electron chi connectivity index (χ3n) is 7.33. The quantitative estimate of drug-likeness (QED) is 0.293. The smallest absolute Gasteiger partial charge is 0.254 e. The highest BCUT2D eigenvalue weighted by molar-refractivity contribution is 6.30. The molecule has 0 radical (unpaired) electrons. The van der Waals surface area contributed by atoms with Gasteiger partial charge in [-0.15, -0.1) is 0 Å². The molecule has 2 aliphatic rings. The van der Waals surface area contributed by atoms with E-state index in [2.05, 4.69) is 4.57 Å². The van der Waals surface area contributed by atoms with Crippen molar-refractivity contribution in [1.29, 1.82) is 0 Å². The lowest BCUT2D eigenvalue weighted by atomic mass is 9.97. The zero-order valence-corrected chi connectivity index (χ0v) is 22.5. The van der Waals surface area contributed by atoms with E-state index < -0.39 is 0 Å². The van der Waals surface area contributed by atoms with Crippen LogP contribution in [0.15, 0.2) is 85.1 Å². The van der Waals surface area contributed by atoms with Crippen molar-refractivity contribution in [3.63, 3.8) is 0 Å². The number of fused-ring (bicyclic) bond motifs is 3. The Morgan fingerprint density at radius 2 is 1.56 bits per heavy atom. The molecule has 2 amide bonds. The predicted molar refractivity (Wildman–Crippen MR) is 150 cm³/mol. The molecule has 6 rings (SSSR count). The summed E-state index contributed by atoms with van der Waals surface area (Å²) in [5, 5.41) is 0.627. The Kier molecular flexibility index (Phi) is 6.53. The second kappa shape index (κ2) is 10.2. The van der Waals surface area contributed by atoms with Crippen molar-refractivity contribution in [3.8, 4) is 17.2 Å². The molecular weight excluding hydrogens is 514 g/mol. The number of amides is 2. The summed E-state index contributed by atoms with van der Waals surface area (Å²) in [7, 11) is 3.09. The topological polar surface area (TPSA) is 64.0 Å². The number of carbonyl (C=O) groups is 2. The van der Waals surface area contributed by atoms with Gasteiger partial charge >= 0.3 is 0 Å². The second-order valence-corrected chi connectivity index (χ2v) is 10.2. The van der Waals surface area contributed by atoms with Crippen molar-refractivity contribution in [3.05, 3.63) is 107 Å². The monoisotopic (exact) mass is 541 g/mol. The maximum absolute atomic E-state index is 14.3. The highest BCUT2D eigenvalue weighted by Crippen LogP contribution is 2.43. The van der Waals surface area contributed by atoms with Gasteiger partial charge in [0.15, 0.2) is 0 Å². The zero-order valence-electron chi connectivity index (χ0n) is 21.7. The molecule has 198 valence electrons. The van der Waals surface area contributed by atoms with Gasteiger partial charge in [-0.3, -0.25) is 14.5 Å². The first-order chi connectivity index (χ1) is 19.0. The van der Waals surface area contributed by atoms with Crippen LogP contribution in [-0.4, -0.2) is 48.1 Å². The third kappa shape index (κ3) is 4.63. The van der Waals surface area contributed by atoms with E-state index in [9.17, 15) is 9.59 Å². The summed E-state index contributed by atoms with van der Waals surface area (Å²) in [5.41, 5.74) is 4.03. The highest BCUT2D eigenvalue weighted by atomic mass is 35.5. The van der Waals surface area contributed by atoms with Gasteiger partial charge in [0.1, 0.15) is 24.1 Å². The minimum atomic E-state index is -0.382. The van der Waals surface area contributed by atoms with E-state index in [1.807, 2.05) is 71.8 Å². The SMILES string of the molecule is COc1cc(OC)cc(C(=O)N(CC(=O)N2c3ccccc3-n3cccc3[C@H]2c2ccc(Cl)cc2)C2CC2)c1. The van der Waals surface area contributed by atoms with Gasteiger partial charge in [0.25, 0.3) is 5.91 Å². The zero-order chi connectivity index (χ0) is 27.1. The minimum absolute atomic E-state index is 0.0107. The first-order valence-corrected chi connectivity index (χ1v) is 13.2. The number of rotatable bonds is 7. The van der Waals surface area contributed by atoms with E-state index in [1.165, 1.54) is 0 Å². The molecule has 0 bridgehead atoms. The molecule has 39 heavy (non-hydrogen) atoms. The fourth-order valence-electron chi connectivity index (χ4n) is 5.29. The summed E-state index contributed by atoms with van der Waals surface area (Å²) < 4.78 is 12.9. The molecule has 2 heterocycles. The fourth-order valence-corrected chi connectivity index (χ4v) is 5.42. The van der Waals surface area contributed by atoms with Crippen LogP contribution in [0, 0.1) is 0 Å². The molecule has 1 aliphatic carbocycles. The standard InChI is InChI=1S/C31H28ClN3O4/c1-38-24-16-21(17-25(18-24)39-2)31(37)34(23-13-14-23)19-29(36)35-27-7-4-3-6-26(27)33-15-5-8-28(33)30(35)20-9-11-22(32)12-10-20/h3-12,15-18,23,30H,13-14,19H2,1-2H3/t30-/m1/s1. The van der Waals surface area contributed by atoms with Crippen LogP contribution < -0.4 is 14.4 Å². The molecule has 1 saturated carbocycles. The average molecular weight is 542 g/mol. The Morgan fingerprint density at radius 1 is 0.897 bits per heavy atom. The van der Waals surface area contributed by atoms with Gasteiger partial charge in [-0.2, -0.15) is 0 Å². The molecule has 7 nitrogen and oxygen atoms in total. The summed E-state index contributed by atoms with van der Waals surface area (Å²) in [6.07, 6.45) is 3.73. The predicted octanol–water partition coefficient (Wildman–Crippen LogP) is 5.89. The highest BCUT2D eigenvalue weighted by Gasteiger charge is 2.40. The maximum Gasteiger partial charge on any atom is 0.254 e. The van der Waals surface area contributed by atoms with Crippen molar-refractivity contribution >= 4 is 29.1 Å². The van der Waals surface area contributed by atoms with Crippen molar-refractivity contribution < 1.29 is 19.1 Å². The van der Waals surface area contributed by atoms with E-state index in [1.54, 1.807) is 37.3 Å². The number of anilines is 1. The Morgan fingerprint density at radius 3 is 2.21 bits per heavy atom. The van der Waals surface area contributed by atoms with Crippen LogP contribution in [0.3, 0.4) is 0 Å². The molecule has 1 aromatic heterocycles. The molecule has 1 aliphatic heterocycles. The molecule has 0 N–H and O–H groups in total. The van der Waals surface area contributed by atoms with Gasteiger partial charge < -0.3 is 18.9 Å². The van der Waals surface area contributed by atoms with E-state index in [4.69, 9.17) is 21.1 Å². The van der Waals surface area contributed by atoms with Gasteiger partial charge in [0.2, 0.25) is 5.91 Å². The summed E-state index contributed by atoms with van der Waals surface area (Å²) in [4.78, 5) is 31.6. The number of halogens is 1. The molecule has 0 saturated heterocycles. The van der Waals surface area contributed by atoms with E-state index >= 15 is 0 Å². The Balaban J connectivity index is 1.39. The first-order valence-electron chi connectivity index (χ1n) is 12.9. The Hall–Kier alpha value is -4.23. The van der Waals surface area contributed by atoms with Crippen LogP contribution in [0.4, 0.5) is 5.69 Å². The van der Waals surface area contributed by atoms with E-state index in [0.717, 1.165) is 35.5 Å². The summed E-state index contributed by atoms with van der Waals surface area (Å²) in [6, 6.07) is 24.2. The van der Waals surface area contributed by atoms with Gasteiger partial charge in [0, 0.05) is 28.9 Å². The lowest BCUT2D eigenvalue weighted by Gasteiger charge is -2.39. The number of hydrogen-bond donors (Lipinski definition) is 0. The van der Waals surface area contributed by atoms with Crippen LogP contribution in [0.25, 0.3) is 5.69 Å². The van der Waals surface area contributed by atoms with Crippen LogP contribution in [0.1, 0.15) is 40.5 Å². The van der Waals surface area contributed by atoms with Gasteiger partial charge in [-0.1, -0.05) is 35.9 Å². The van der Waals surface area contributed by atoms with Crippen molar-refractivity contribution in [2.45, 2.75) is 24.9 Å². The minimum Gasteiger partial charge on any atom is -0.497 e. The second-order valence-electron chi connectivity index (χ2n) is 9.78. The van der Waals surface area contributed by atoms with Crippen molar-refractivity contribution in [2.75, 3.05) is 25.7 Å². The lowest BCUT2D eigenvalue weighted by Crippen LogP contribution is -2.47. The van der Waals surface area contributed by atoms with E-state index in [0.29, 0.717) is 22.1 Å². The molecular formula is C31H28ClN3O4. The van der Waals surface area contributed by atoms with Crippen LogP contribution in [0.2, 0.25) is 5.02 Å². The van der Waals surface area contributed by atoms with Crippen molar-refractivity contribution in [2.24, 2.45) is 0 Å². The molecule has 1 atom stereocenters. The number of benzene rings is 3. The number of aromatic nitrogens is 1. The van der Waals surface area contributed by atoms with Gasteiger partial charge in [-0.25, -0.2) is 0 Å².